The number of esters is 1. The Morgan fingerprint density at radius 1 is 1.22 bits per heavy atom. The van der Waals surface area contributed by atoms with E-state index in [1.807, 2.05) is 6.07 Å². The number of aromatic nitrogens is 5. The van der Waals surface area contributed by atoms with Gasteiger partial charge in [-0.2, -0.15) is 4.68 Å². The topological polar surface area (TPSA) is 97.7 Å². The van der Waals surface area contributed by atoms with Crippen LogP contribution >= 0.6 is 23.2 Å². The summed E-state index contributed by atoms with van der Waals surface area (Å²) >= 11 is 12.3. The molecule has 0 aliphatic heterocycles. The highest BCUT2D eigenvalue weighted by Gasteiger charge is 2.31. The summed E-state index contributed by atoms with van der Waals surface area (Å²) in [6, 6.07) is 9.11. The Hall–Kier alpha value is -3.01. The van der Waals surface area contributed by atoms with Crippen molar-refractivity contribution in [2.24, 2.45) is 5.92 Å². The van der Waals surface area contributed by atoms with Gasteiger partial charge in [0.15, 0.2) is 5.82 Å². The number of ether oxygens (including phenoxy) is 1. The molecular weight excluding hydrogens is 518 g/mol. The van der Waals surface area contributed by atoms with Crippen LogP contribution in [0.15, 0.2) is 36.4 Å². The van der Waals surface area contributed by atoms with Crippen LogP contribution in [0.4, 0.5) is 4.39 Å². The van der Waals surface area contributed by atoms with Crippen molar-refractivity contribution in [3.05, 3.63) is 69.3 Å². The molecule has 0 spiro atoms. The van der Waals surface area contributed by atoms with Crippen molar-refractivity contribution in [3.8, 4) is 5.69 Å². The zero-order valence-electron chi connectivity index (χ0n) is 20.3. The van der Waals surface area contributed by atoms with Crippen molar-refractivity contribution in [3.63, 3.8) is 0 Å². The van der Waals surface area contributed by atoms with E-state index in [1.165, 1.54) is 36.1 Å². The van der Waals surface area contributed by atoms with Gasteiger partial charge in [0, 0.05) is 21.5 Å². The third-order valence-electron chi connectivity index (χ3n) is 6.80. The fourth-order valence-corrected chi connectivity index (χ4v) is 5.38. The zero-order chi connectivity index (χ0) is 25.9. The second kappa shape index (κ2) is 11.2. The summed E-state index contributed by atoms with van der Waals surface area (Å²) in [6.45, 7) is 2.69. The highest BCUT2D eigenvalue weighted by atomic mass is 35.5. The van der Waals surface area contributed by atoms with Crippen LogP contribution in [-0.2, 0) is 4.74 Å². The Labute approximate surface area is 223 Å². The lowest BCUT2D eigenvalue weighted by Gasteiger charge is -2.25. The van der Waals surface area contributed by atoms with Crippen LogP contribution in [0.25, 0.3) is 16.6 Å². The molecule has 0 amide bonds. The molecule has 1 aliphatic carbocycles. The fourth-order valence-electron chi connectivity index (χ4n) is 5.03. The summed E-state index contributed by atoms with van der Waals surface area (Å²) in [6.07, 6.45) is 5.91. The van der Waals surface area contributed by atoms with E-state index < -0.39 is 17.8 Å². The summed E-state index contributed by atoms with van der Waals surface area (Å²) < 4.78 is 20.8. The Bertz CT molecular complexity index is 1420. The van der Waals surface area contributed by atoms with E-state index in [1.54, 1.807) is 25.1 Å². The molecular formula is C26H27Cl2FN6O2. The first-order chi connectivity index (χ1) is 18.0. The molecule has 1 unspecified atom stereocenters. The molecule has 11 heteroatoms. The van der Waals surface area contributed by atoms with Gasteiger partial charge in [0.2, 0.25) is 0 Å². The molecule has 0 saturated heterocycles. The smallest absolute Gasteiger partial charge is 0.355 e. The largest absolute Gasteiger partial charge is 0.461 e. The number of nitrogens with one attached hydrogen (secondary N) is 2. The number of hydrogen-bond acceptors (Lipinski definition) is 6. The lowest BCUT2D eigenvalue weighted by Crippen LogP contribution is -2.32. The Morgan fingerprint density at radius 3 is 2.78 bits per heavy atom. The monoisotopic (exact) mass is 544 g/mol. The first-order valence-electron chi connectivity index (χ1n) is 12.4. The van der Waals surface area contributed by atoms with E-state index in [0.717, 1.165) is 18.2 Å². The van der Waals surface area contributed by atoms with E-state index in [0.29, 0.717) is 45.8 Å². The van der Waals surface area contributed by atoms with Gasteiger partial charge in [-0.3, -0.25) is 0 Å². The summed E-state index contributed by atoms with van der Waals surface area (Å²) in [7, 11) is 0. The quantitative estimate of drug-likeness (QED) is 0.263. The third kappa shape index (κ3) is 5.35. The van der Waals surface area contributed by atoms with Gasteiger partial charge in [0.1, 0.15) is 11.5 Å². The summed E-state index contributed by atoms with van der Waals surface area (Å²) in [5.41, 5.74) is 2.15. The Balaban J connectivity index is 1.65. The molecule has 1 saturated carbocycles. The summed E-state index contributed by atoms with van der Waals surface area (Å²) in [5, 5.41) is 17.4. The van der Waals surface area contributed by atoms with Gasteiger partial charge in [0.25, 0.3) is 0 Å². The maximum atomic E-state index is 13.9. The normalized spacial score (nSPS) is 15.2. The molecule has 194 valence electrons. The van der Waals surface area contributed by atoms with Crippen molar-refractivity contribution in [1.82, 2.24) is 30.5 Å². The SMILES string of the molecule is CCOC(=O)c1[nH]c2cc(Cl)ccc2c1C(NCC1CCCCC1)c1nnnn1-c1ccc(F)c(Cl)c1. The first-order valence-corrected chi connectivity index (χ1v) is 13.2. The number of aromatic amines is 1. The highest BCUT2D eigenvalue weighted by molar-refractivity contribution is 6.31. The molecule has 5 rings (SSSR count). The molecule has 2 heterocycles. The van der Waals surface area contributed by atoms with Gasteiger partial charge in [-0.25, -0.2) is 9.18 Å². The second-order valence-electron chi connectivity index (χ2n) is 9.22. The van der Waals surface area contributed by atoms with E-state index in [4.69, 9.17) is 27.9 Å². The molecule has 1 aliphatic rings. The van der Waals surface area contributed by atoms with Crippen LogP contribution in [-0.4, -0.2) is 44.3 Å². The number of carbonyl (C=O) groups excluding carboxylic acids is 1. The molecule has 2 aromatic heterocycles. The maximum absolute atomic E-state index is 13.9. The molecule has 4 aromatic rings. The number of halogens is 3. The third-order valence-corrected chi connectivity index (χ3v) is 7.33. The number of carbonyl (C=O) groups is 1. The first kappa shape index (κ1) is 25.6. The van der Waals surface area contributed by atoms with Crippen LogP contribution in [0.5, 0.6) is 0 Å². The van der Waals surface area contributed by atoms with E-state index >= 15 is 0 Å². The lowest BCUT2D eigenvalue weighted by atomic mass is 9.89. The minimum absolute atomic E-state index is 0.0420. The van der Waals surface area contributed by atoms with Crippen molar-refractivity contribution in [2.75, 3.05) is 13.2 Å². The molecule has 0 bridgehead atoms. The van der Waals surface area contributed by atoms with Crippen LogP contribution in [0.3, 0.4) is 0 Å². The molecule has 2 aromatic carbocycles. The number of rotatable bonds is 8. The van der Waals surface area contributed by atoms with Gasteiger partial charge < -0.3 is 15.0 Å². The molecule has 8 nitrogen and oxygen atoms in total. The number of nitrogens with zero attached hydrogens (tertiary/aromatic N) is 4. The van der Waals surface area contributed by atoms with Crippen LogP contribution in [0, 0.1) is 11.7 Å². The average molecular weight is 545 g/mol. The second-order valence-corrected chi connectivity index (χ2v) is 10.1. The van der Waals surface area contributed by atoms with Crippen LogP contribution in [0.2, 0.25) is 10.0 Å². The fraction of sp³-hybridized carbons (Fsp3) is 0.385. The van der Waals surface area contributed by atoms with Gasteiger partial charge >= 0.3 is 5.97 Å². The van der Waals surface area contributed by atoms with Crippen molar-refractivity contribution >= 4 is 40.1 Å². The molecule has 1 fully saturated rings. The van der Waals surface area contributed by atoms with E-state index in [-0.39, 0.29) is 11.6 Å². The van der Waals surface area contributed by atoms with Gasteiger partial charge in [0.05, 0.1) is 23.4 Å². The molecule has 2 N–H and O–H groups in total. The number of tetrazole rings is 1. The number of hydrogen-bond donors (Lipinski definition) is 2. The number of H-pyrrole nitrogens is 1. The van der Waals surface area contributed by atoms with Crippen molar-refractivity contribution in [1.29, 1.82) is 0 Å². The highest BCUT2D eigenvalue weighted by Crippen LogP contribution is 2.35. The van der Waals surface area contributed by atoms with Gasteiger partial charge in [-0.05, 0) is 73.0 Å². The molecule has 1 atom stereocenters. The number of fused-ring (bicyclic) bond motifs is 1. The van der Waals surface area contributed by atoms with E-state index in [2.05, 4.69) is 25.8 Å². The zero-order valence-corrected chi connectivity index (χ0v) is 21.8. The Morgan fingerprint density at radius 2 is 2.03 bits per heavy atom. The van der Waals surface area contributed by atoms with Crippen molar-refractivity contribution < 1.29 is 13.9 Å². The molecule has 0 radical (unpaired) electrons. The standard InChI is InChI=1S/C26H27Cl2FN6O2/c1-2-37-26(36)24-22(18-10-8-16(27)12-21(18)31-24)23(30-14-15-6-4-3-5-7-15)25-32-33-34-35(25)17-9-11-20(29)19(28)13-17/h8-13,15,23,30-31H,2-7,14H2,1H3. The van der Waals surface area contributed by atoms with Crippen molar-refractivity contribution in [2.45, 2.75) is 45.1 Å². The predicted octanol–water partition coefficient (Wildman–Crippen LogP) is 6.03. The lowest BCUT2D eigenvalue weighted by molar-refractivity contribution is 0.0518. The van der Waals surface area contributed by atoms with E-state index in [9.17, 15) is 9.18 Å². The minimum Gasteiger partial charge on any atom is -0.461 e. The summed E-state index contributed by atoms with van der Waals surface area (Å²) in [4.78, 5) is 16.3. The Kier molecular flexibility index (Phi) is 7.73. The van der Waals surface area contributed by atoms with Crippen LogP contribution in [0.1, 0.15) is 66.9 Å². The van der Waals surface area contributed by atoms with Gasteiger partial charge in [-0.1, -0.05) is 48.5 Å². The minimum atomic E-state index is -0.588. The summed E-state index contributed by atoms with van der Waals surface area (Å²) in [5.74, 6) is -0.102. The average Bonchev–Trinajstić information content (AvgIpc) is 3.52. The maximum Gasteiger partial charge on any atom is 0.355 e. The number of benzene rings is 2. The molecule has 37 heavy (non-hydrogen) atoms. The van der Waals surface area contributed by atoms with Crippen LogP contribution < -0.4 is 5.32 Å². The van der Waals surface area contributed by atoms with Gasteiger partial charge in [-0.15, -0.1) is 5.10 Å². The predicted molar refractivity (Wildman–Crippen MR) is 140 cm³/mol.